The van der Waals surface area contributed by atoms with Gasteiger partial charge in [0.1, 0.15) is 0 Å². The molecule has 0 aliphatic heterocycles. The zero-order chi connectivity index (χ0) is 7.44. The molecule has 0 fully saturated rings. The molecule has 0 bridgehead atoms. The van der Waals surface area contributed by atoms with Gasteiger partial charge in [-0.25, -0.2) is 9.80 Å². The maximum atomic E-state index is 10.8. The van der Waals surface area contributed by atoms with E-state index < -0.39 is 0 Å². The van der Waals surface area contributed by atoms with Crippen molar-refractivity contribution in [2.75, 3.05) is 21.1 Å². The third-order valence-electron chi connectivity index (χ3n) is 0.872. The fourth-order valence-corrected chi connectivity index (χ4v) is 0.350. The van der Waals surface area contributed by atoms with Crippen LogP contribution in [0.15, 0.2) is 5.10 Å². The summed E-state index contributed by atoms with van der Waals surface area (Å²) in [5.74, 6) is 0. The van der Waals surface area contributed by atoms with Crippen molar-refractivity contribution in [3.63, 3.8) is 0 Å². The number of nitrogens with zero attached hydrogens (tertiary/aromatic N) is 3. The molecule has 0 spiro atoms. The Kier molecular flexibility index (Phi) is 2.70. The molecule has 0 aromatic heterocycles. The Balaban J connectivity index is 3.87. The number of rotatable bonds is 1. The molecular weight excluding hydrogens is 118 g/mol. The molecule has 0 unspecified atom stereocenters. The molecule has 0 aromatic carbocycles. The van der Waals surface area contributed by atoms with Crippen LogP contribution in [0.1, 0.15) is 0 Å². The molecule has 0 saturated carbocycles. The van der Waals surface area contributed by atoms with E-state index >= 15 is 0 Å². The highest BCUT2D eigenvalue weighted by Crippen LogP contribution is 1.88. The predicted octanol–water partition coefficient (Wildman–Crippen LogP) is 0.215. The smallest absolute Gasteiger partial charge is 0.329 e. The van der Waals surface area contributed by atoms with Gasteiger partial charge in [-0.3, -0.25) is 0 Å². The molecule has 0 saturated heterocycles. The van der Waals surface area contributed by atoms with Crippen LogP contribution in [0, 0.1) is 0 Å². The molecular formula is C5H11N3O. The van der Waals surface area contributed by atoms with Crippen molar-refractivity contribution in [3.8, 4) is 0 Å². The Morgan fingerprint density at radius 1 is 1.44 bits per heavy atom. The second-order valence-corrected chi connectivity index (χ2v) is 1.84. The lowest BCUT2D eigenvalue weighted by atomic mass is 10.8. The molecule has 52 valence electrons. The third kappa shape index (κ3) is 2.12. The summed E-state index contributed by atoms with van der Waals surface area (Å²) in [4.78, 5) is 12.2. The van der Waals surface area contributed by atoms with E-state index in [-0.39, 0.29) is 6.03 Å². The first-order valence-corrected chi connectivity index (χ1v) is 2.51. The van der Waals surface area contributed by atoms with E-state index in [1.807, 2.05) is 0 Å². The van der Waals surface area contributed by atoms with Crippen molar-refractivity contribution in [1.29, 1.82) is 0 Å². The van der Waals surface area contributed by atoms with Gasteiger partial charge in [-0.1, -0.05) is 0 Å². The number of hydrogen-bond donors (Lipinski definition) is 0. The zero-order valence-electron chi connectivity index (χ0n) is 5.96. The molecule has 4 nitrogen and oxygen atoms in total. The lowest BCUT2D eigenvalue weighted by molar-refractivity contribution is 0.184. The quantitative estimate of drug-likeness (QED) is 0.368. The van der Waals surface area contributed by atoms with Crippen molar-refractivity contribution >= 4 is 12.7 Å². The number of carbonyl (C=O) groups is 1. The molecule has 0 radical (unpaired) electrons. The Bertz CT molecular complexity index is 121. The van der Waals surface area contributed by atoms with Crippen LogP contribution in [0.25, 0.3) is 0 Å². The van der Waals surface area contributed by atoms with Gasteiger partial charge >= 0.3 is 6.03 Å². The van der Waals surface area contributed by atoms with E-state index in [1.165, 1.54) is 9.91 Å². The first-order valence-electron chi connectivity index (χ1n) is 2.51. The maximum Gasteiger partial charge on any atom is 0.339 e. The summed E-state index contributed by atoms with van der Waals surface area (Å²) in [5.41, 5.74) is 0. The normalized spacial score (nSPS) is 8.33. The van der Waals surface area contributed by atoms with Crippen LogP contribution in [0.4, 0.5) is 4.79 Å². The first-order chi connectivity index (χ1) is 4.09. The summed E-state index contributed by atoms with van der Waals surface area (Å²) >= 11 is 0. The number of hydrogen-bond acceptors (Lipinski definition) is 2. The van der Waals surface area contributed by atoms with E-state index in [1.54, 1.807) is 21.1 Å². The lowest BCUT2D eigenvalue weighted by Crippen LogP contribution is -2.32. The van der Waals surface area contributed by atoms with E-state index in [9.17, 15) is 4.79 Å². The van der Waals surface area contributed by atoms with Gasteiger partial charge in [0.15, 0.2) is 0 Å². The van der Waals surface area contributed by atoms with Crippen LogP contribution in [0.2, 0.25) is 0 Å². The molecule has 0 rings (SSSR count). The van der Waals surface area contributed by atoms with Gasteiger partial charge in [0.05, 0.1) is 0 Å². The molecule has 2 amide bonds. The topological polar surface area (TPSA) is 35.9 Å². The van der Waals surface area contributed by atoms with Crippen molar-refractivity contribution in [3.05, 3.63) is 0 Å². The van der Waals surface area contributed by atoms with Crippen molar-refractivity contribution in [2.24, 2.45) is 5.10 Å². The van der Waals surface area contributed by atoms with Gasteiger partial charge in [0, 0.05) is 27.9 Å². The summed E-state index contributed by atoms with van der Waals surface area (Å²) < 4.78 is 0. The average Bonchev–Trinajstić information content (AvgIpc) is 1.84. The fraction of sp³-hybridized carbons (Fsp3) is 0.600. The number of hydrazone groups is 1. The van der Waals surface area contributed by atoms with E-state index in [0.29, 0.717) is 0 Å². The highest BCUT2D eigenvalue weighted by Gasteiger charge is 2.06. The van der Waals surface area contributed by atoms with Crippen LogP contribution < -0.4 is 0 Å². The van der Waals surface area contributed by atoms with E-state index in [0.717, 1.165) is 0 Å². The van der Waals surface area contributed by atoms with Gasteiger partial charge in [0.2, 0.25) is 0 Å². The monoisotopic (exact) mass is 129 g/mol. The number of amides is 2. The molecule has 0 aliphatic rings. The third-order valence-corrected chi connectivity index (χ3v) is 0.872. The number of carbonyl (C=O) groups excluding carboxylic acids is 1. The summed E-state index contributed by atoms with van der Waals surface area (Å²) in [6.07, 6.45) is 0. The Morgan fingerprint density at radius 3 is 2.00 bits per heavy atom. The minimum absolute atomic E-state index is 0.176. The SMILES string of the molecule is C=NN(C)C(=O)N(C)C. The molecule has 4 heteroatoms. The molecule has 9 heavy (non-hydrogen) atoms. The van der Waals surface area contributed by atoms with Crippen LogP contribution >= 0.6 is 0 Å². The van der Waals surface area contributed by atoms with Gasteiger partial charge in [-0.05, 0) is 0 Å². The molecule has 0 aromatic rings. The van der Waals surface area contributed by atoms with Crippen LogP contribution in [-0.4, -0.2) is 43.8 Å². The van der Waals surface area contributed by atoms with Gasteiger partial charge in [0.25, 0.3) is 0 Å². The van der Waals surface area contributed by atoms with Gasteiger partial charge in [-0.15, -0.1) is 0 Å². The van der Waals surface area contributed by atoms with Crippen molar-refractivity contribution in [1.82, 2.24) is 9.91 Å². The zero-order valence-corrected chi connectivity index (χ0v) is 5.96. The largest absolute Gasteiger partial charge is 0.339 e. The molecule has 0 aliphatic carbocycles. The van der Waals surface area contributed by atoms with E-state index in [2.05, 4.69) is 11.8 Å². The average molecular weight is 129 g/mol. The highest BCUT2D eigenvalue weighted by molar-refractivity contribution is 5.73. The van der Waals surface area contributed by atoms with Crippen molar-refractivity contribution < 1.29 is 4.79 Å². The second kappa shape index (κ2) is 3.06. The summed E-state index contributed by atoms with van der Waals surface area (Å²) in [7, 11) is 4.86. The predicted molar refractivity (Wildman–Crippen MR) is 36.4 cm³/mol. The Hall–Kier alpha value is -1.06. The van der Waals surface area contributed by atoms with Gasteiger partial charge in [-0.2, -0.15) is 5.10 Å². The highest BCUT2D eigenvalue weighted by atomic mass is 16.2. The Labute approximate surface area is 54.7 Å². The Morgan fingerprint density at radius 2 is 1.89 bits per heavy atom. The lowest BCUT2D eigenvalue weighted by Gasteiger charge is -2.15. The minimum atomic E-state index is -0.176. The van der Waals surface area contributed by atoms with Crippen LogP contribution in [-0.2, 0) is 0 Å². The van der Waals surface area contributed by atoms with Crippen LogP contribution in [0.3, 0.4) is 0 Å². The molecule has 0 atom stereocenters. The van der Waals surface area contributed by atoms with E-state index in [4.69, 9.17) is 0 Å². The minimum Gasteiger partial charge on any atom is -0.329 e. The number of urea groups is 1. The first kappa shape index (κ1) is 7.94. The fourth-order valence-electron chi connectivity index (χ4n) is 0.350. The standard InChI is InChI=1S/C5H11N3O/c1-6-8(4)5(9)7(2)3/h1H2,2-4H3. The van der Waals surface area contributed by atoms with Gasteiger partial charge < -0.3 is 4.90 Å². The second-order valence-electron chi connectivity index (χ2n) is 1.84. The summed E-state index contributed by atoms with van der Waals surface area (Å²) in [5, 5.41) is 4.57. The van der Waals surface area contributed by atoms with Crippen LogP contribution in [0.5, 0.6) is 0 Å². The molecule has 0 N–H and O–H groups in total. The van der Waals surface area contributed by atoms with Crippen molar-refractivity contribution in [2.45, 2.75) is 0 Å². The summed E-state index contributed by atoms with van der Waals surface area (Å²) in [6, 6.07) is -0.176. The maximum absolute atomic E-state index is 10.8. The molecule has 0 heterocycles. The summed E-state index contributed by atoms with van der Waals surface area (Å²) in [6.45, 7) is 3.19.